The number of aromatic nitrogens is 2. The SMILES string of the molecule is CC1CCCCCC1NS(=O)(=O)c1cnn(CC(=O)O)c1. The summed E-state index contributed by atoms with van der Waals surface area (Å²) in [4.78, 5) is 10.6. The lowest BCUT2D eigenvalue weighted by atomic mass is 9.98. The van der Waals surface area contributed by atoms with Crippen LogP contribution < -0.4 is 4.72 Å². The van der Waals surface area contributed by atoms with Gasteiger partial charge in [-0.3, -0.25) is 9.48 Å². The van der Waals surface area contributed by atoms with E-state index in [0.29, 0.717) is 5.92 Å². The zero-order chi connectivity index (χ0) is 15.5. The van der Waals surface area contributed by atoms with Crippen molar-refractivity contribution in [3.63, 3.8) is 0 Å². The Bertz CT molecular complexity index is 596. The monoisotopic (exact) mass is 315 g/mol. The third kappa shape index (κ3) is 4.28. The van der Waals surface area contributed by atoms with Crippen LogP contribution in [0, 0.1) is 5.92 Å². The molecule has 1 fully saturated rings. The van der Waals surface area contributed by atoms with Gasteiger partial charge in [0, 0.05) is 12.2 Å². The number of aliphatic carboxylic acids is 1. The predicted octanol–water partition coefficient (Wildman–Crippen LogP) is 1.21. The Hall–Kier alpha value is -1.41. The topological polar surface area (TPSA) is 101 Å². The van der Waals surface area contributed by atoms with Crippen LogP contribution in [0.1, 0.15) is 39.0 Å². The summed E-state index contributed by atoms with van der Waals surface area (Å²) < 4.78 is 28.5. The third-order valence-corrected chi connectivity index (χ3v) is 5.33. The lowest BCUT2D eigenvalue weighted by Gasteiger charge is -2.22. The molecule has 7 nitrogen and oxygen atoms in total. The van der Waals surface area contributed by atoms with Gasteiger partial charge in [0.05, 0.1) is 6.20 Å². The molecule has 1 aromatic heterocycles. The van der Waals surface area contributed by atoms with Crippen molar-refractivity contribution in [1.29, 1.82) is 0 Å². The van der Waals surface area contributed by atoms with Gasteiger partial charge in [-0.25, -0.2) is 13.1 Å². The fourth-order valence-electron chi connectivity index (χ4n) is 2.64. The number of nitrogens with one attached hydrogen (secondary N) is 1. The first-order chi connectivity index (χ1) is 9.88. The van der Waals surface area contributed by atoms with Crippen molar-refractivity contribution < 1.29 is 18.3 Å². The van der Waals surface area contributed by atoms with Crippen LogP contribution in [0.4, 0.5) is 0 Å². The highest BCUT2D eigenvalue weighted by molar-refractivity contribution is 7.89. The van der Waals surface area contributed by atoms with E-state index in [1.54, 1.807) is 0 Å². The average molecular weight is 315 g/mol. The van der Waals surface area contributed by atoms with Gasteiger partial charge in [-0.05, 0) is 18.8 Å². The zero-order valence-electron chi connectivity index (χ0n) is 12.0. The minimum absolute atomic E-state index is 0.0141. The van der Waals surface area contributed by atoms with Crippen molar-refractivity contribution >= 4 is 16.0 Å². The minimum atomic E-state index is -3.65. The van der Waals surface area contributed by atoms with Gasteiger partial charge in [0.25, 0.3) is 0 Å². The lowest BCUT2D eigenvalue weighted by molar-refractivity contribution is -0.137. The van der Waals surface area contributed by atoms with Gasteiger partial charge >= 0.3 is 5.97 Å². The molecule has 0 aromatic carbocycles. The van der Waals surface area contributed by atoms with Crippen molar-refractivity contribution in [1.82, 2.24) is 14.5 Å². The molecule has 0 aliphatic heterocycles. The number of nitrogens with zero attached hydrogens (tertiary/aromatic N) is 2. The van der Waals surface area contributed by atoms with E-state index in [1.807, 2.05) is 0 Å². The second kappa shape index (κ2) is 6.57. The van der Waals surface area contributed by atoms with E-state index in [2.05, 4.69) is 16.7 Å². The van der Waals surface area contributed by atoms with E-state index < -0.39 is 16.0 Å². The van der Waals surface area contributed by atoms with Gasteiger partial charge in [0.15, 0.2) is 0 Å². The first kappa shape index (κ1) is 16.0. The van der Waals surface area contributed by atoms with E-state index in [1.165, 1.54) is 12.4 Å². The van der Waals surface area contributed by atoms with E-state index in [4.69, 9.17) is 5.11 Å². The van der Waals surface area contributed by atoms with Gasteiger partial charge in [-0.1, -0.05) is 26.2 Å². The quantitative estimate of drug-likeness (QED) is 0.795. The number of carboxylic acids is 1. The molecule has 118 valence electrons. The smallest absolute Gasteiger partial charge is 0.325 e. The second-order valence-electron chi connectivity index (χ2n) is 5.61. The Kier molecular flexibility index (Phi) is 5.00. The maximum atomic E-state index is 12.3. The van der Waals surface area contributed by atoms with Gasteiger partial charge in [-0.2, -0.15) is 5.10 Å². The fraction of sp³-hybridized carbons (Fsp3) is 0.692. The van der Waals surface area contributed by atoms with Crippen LogP contribution in [0.15, 0.2) is 17.3 Å². The van der Waals surface area contributed by atoms with Gasteiger partial charge in [-0.15, -0.1) is 0 Å². The van der Waals surface area contributed by atoms with Crippen LogP contribution in [0.2, 0.25) is 0 Å². The van der Waals surface area contributed by atoms with Crippen molar-refractivity contribution in [2.45, 2.75) is 56.5 Å². The average Bonchev–Trinajstić information content (AvgIpc) is 2.76. The van der Waals surface area contributed by atoms with Crippen LogP contribution in [0.3, 0.4) is 0 Å². The number of rotatable bonds is 5. The van der Waals surface area contributed by atoms with Crippen LogP contribution in [0.25, 0.3) is 0 Å². The molecule has 0 bridgehead atoms. The summed E-state index contributed by atoms with van der Waals surface area (Å²) in [5.74, 6) is -0.760. The molecule has 8 heteroatoms. The van der Waals surface area contributed by atoms with Crippen LogP contribution in [-0.2, 0) is 21.4 Å². The molecule has 1 aromatic rings. The highest BCUT2D eigenvalue weighted by atomic mass is 32.2. The lowest BCUT2D eigenvalue weighted by Crippen LogP contribution is -2.38. The van der Waals surface area contributed by atoms with E-state index >= 15 is 0 Å². The standard InChI is InChI=1S/C13H21N3O4S/c1-10-5-3-2-4-6-12(10)15-21(19,20)11-7-14-16(8-11)9-13(17)18/h7-8,10,12,15H,2-6,9H2,1H3,(H,17,18). The molecule has 0 amide bonds. The molecule has 2 unspecified atom stereocenters. The van der Waals surface area contributed by atoms with Gasteiger partial charge in [0.1, 0.15) is 11.4 Å². The molecule has 1 heterocycles. The van der Waals surface area contributed by atoms with Crippen LogP contribution >= 0.6 is 0 Å². The Morgan fingerprint density at radius 2 is 2.14 bits per heavy atom. The Balaban J connectivity index is 2.10. The van der Waals surface area contributed by atoms with Gasteiger partial charge in [0.2, 0.25) is 10.0 Å². The Labute approximate surface area is 124 Å². The molecule has 1 aliphatic carbocycles. The number of carbonyl (C=O) groups is 1. The summed E-state index contributed by atoms with van der Waals surface area (Å²) in [5.41, 5.74) is 0. The molecule has 0 spiro atoms. The normalized spacial score (nSPS) is 23.7. The maximum absolute atomic E-state index is 12.3. The predicted molar refractivity (Wildman–Crippen MR) is 76.2 cm³/mol. The van der Waals surface area contributed by atoms with Crippen molar-refractivity contribution in [2.24, 2.45) is 5.92 Å². The third-order valence-electron chi connectivity index (χ3n) is 3.89. The molecule has 2 N–H and O–H groups in total. The van der Waals surface area contributed by atoms with Crippen molar-refractivity contribution in [3.8, 4) is 0 Å². The maximum Gasteiger partial charge on any atom is 0.325 e. The molecule has 0 saturated heterocycles. The summed E-state index contributed by atoms with van der Waals surface area (Å²) >= 11 is 0. The van der Waals surface area contributed by atoms with E-state index in [9.17, 15) is 13.2 Å². The van der Waals surface area contributed by atoms with Crippen molar-refractivity contribution in [3.05, 3.63) is 12.4 Å². The summed E-state index contributed by atoms with van der Waals surface area (Å²) in [6, 6.07) is -0.0691. The molecule has 2 rings (SSSR count). The number of hydrogen-bond donors (Lipinski definition) is 2. The molecule has 1 saturated carbocycles. The van der Waals surface area contributed by atoms with Crippen LogP contribution in [0.5, 0.6) is 0 Å². The fourth-order valence-corrected chi connectivity index (χ4v) is 3.98. The minimum Gasteiger partial charge on any atom is -0.480 e. The molecule has 1 aliphatic rings. The Morgan fingerprint density at radius 3 is 2.86 bits per heavy atom. The largest absolute Gasteiger partial charge is 0.480 e. The highest BCUT2D eigenvalue weighted by Gasteiger charge is 2.26. The van der Waals surface area contributed by atoms with Crippen LogP contribution in [-0.4, -0.2) is 35.3 Å². The summed E-state index contributed by atoms with van der Waals surface area (Å²) in [6.45, 7) is 1.71. The van der Waals surface area contributed by atoms with Crippen molar-refractivity contribution in [2.75, 3.05) is 0 Å². The van der Waals surface area contributed by atoms with Gasteiger partial charge < -0.3 is 5.11 Å². The number of hydrogen-bond acceptors (Lipinski definition) is 4. The first-order valence-corrected chi connectivity index (χ1v) is 8.63. The second-order valence-corrected chi connectivity index (χ2v) is 7.32. The molecular weight excluding hydrogens is 294 g/mol. The molecule has 0 radical (unpaired) electrons. The summed E-state index contributed by atoms with van der Waals surface area (Å²) in [7, 11) is -3.65. The molecular formula is C13H21N3O4S. The Morgan fingerprint density at radius 1 is 1.43 bits per heavy atom. The molecule has 2 atom stereocenters. The number of carboxylic acid groups (broad SMARTS) is 1. The summed E-state index contributed by atoms with van der Waals surface area (Å²) in [5, 5.41) is 12.5. The number of sulfonamides is 1. The summed E-state index contributed by atoms with van der Waals surface area (Å²) in [6.07, 6.45) is 7.59. The zero-order valence-corrected chi connectivity index (χ0v) is 12.8. The molecule has 21 heavy (non-hydrogen) atoms. The highest BCUT2D eigenvalue weighted by Crippen LogP contribution is 2.24. The van der Waals surface area contributed by atoms with E-state index in [-0.39, 0.29) is 17.5 Å². The van der Waals surface area contributed by atoms with E-state index in [0.717, 1.165) is 36.8 Å². The first-order valence-electron chi connectivity index (χ1n) is 7.15.